The van der Waals surface area contributed by atoms with Crippen LogP contribution in [0.2, 0.25) is 0 Å². The Morgan fingerprint density at radius 2 is 0.651 bits per heavy atom. The van der Waals surface area contributed by atoms with Crippen LogP contribution < -0.4 is 0 Å². The molecule has 236 valence electrons. The number of hydrogen-bond donors (Lipinski definition) is 3. The SMILES string of the molecule is O=C1CC(O)(C(=O)[O][Bi]([O]C(=O)C2(O)CC(=O)OOOC(=O)C2)[O]C(=O)C2(O)CC(=O)OOOC(=O)C2)CC(=O)OOO1. The molecule has 0 aliphatic carbocycles. The van der Waals surface area contributed by atoms with E-state index in [1.54, 1.807) is 0 Å². The standard InChI is InChI=1S/3C6H6O8.Bi/c3*7-3-1-6(11,5(9)10)2-4(8)13-14-12-3;/h3*11H,1-2H2,(H,9,10);/q;;;+3/p-3. The molecule has 0 radical (unpaired) electrons. The molecule has 3 rings (SSSR count). The molecule has 0 aromatic heterocycles. The molecule has 25 heteroatoms. The summed E-state index contributed by atoms with van der Waals surface area (Å²) in [5, 5.41) is 43.2. The molecule has 0 atom stereocenters. The van der Waals surface area contributed by atoms with E-state index in [-0.39, 0.29) is 0 Å². The number of rotatable bonds is 6. The van der Waals surface area contributed by atoms with Crippen LogP contribution in [0.1, 0.15) is 38.5 Å². The van der Waals surface area contributed by atoms with E-state index in [9.17, 15) is 58.5 Å². The van der Waals surface area contributed by atoms with Gasteiger partial charge >= 0.3 is 243 Å². The first kappa shape index (κ1) is 33.4. The third-order valence-electron chi connectivity index (χ3n) is 4.99. The van der Waals surface area contributed by atoms with Gasteiger partial charge in [-0.15, -0.1) is 0 Å². The fourth-order valence-corrected chi connectivity index (χ4v) is 7.02. The average Bonchev–Trinajstić information content (AvgIpc) is 2.85. The van der Waals surface area contributed by atoms with Gasteiger partial charge in [-0.1, -0.05) is 0 Å². The predicted molar refractivity (Wildman–Crippen MR) is 106 cm³/mol. The molecule has 3 aliphatic heterocycles. The number of hydrogen-bond acceptors (Lipinski definition) is 24. The molecule has 3 aliphatic rings. The van der Waals surface area contributed by atoms with Gasteiger partial charge in [0.1, 0.15) is 0 Å². The van der Waals surface area contributed by atoms with Gasteiger partial charge in [0.15, 0.2) is 0 Å². The monoisotopic (exact) mass is 824 g/mol. The first-order chi connectivity index (χ1) is 20.0. The Labute approximate surface area is 243 Å². The summed E-state index contributed by atoms with van der Waals surface area (Å²) in [5.41, 5.74) is -9.52. The Hall–Kier alpha value is -4.13. The maximum atomic E-state index is 12.9. The van der Waals surface area contributed by atoms with Gasteiger partial charge in [-0.2, -0.15) is 0 Å². The second-order valence-corrected chi connectivity index (χ2v) is 12.3. The van der Waals surface area contributed by atoms with Gasteiger partial charge in [0.2, 0.25) is 0 Å². The average molecular weight is 824 g/mol. The summed E-state index contributed by atoms with van der Waals surface area (Å²) in [6, 6.07) is 0. The van der Waals surface area contributed by atoms with Crippen LogP contribution in [0, 0.1) is 0 Å². The minimum absolute atomic E-state index is 1.37. The zero-order valence-electron chi connectivity index (χ0n) is 20.6. The third kappa shape index (κ3) is 8.93. The van der Waals surface area contributed by atoms with E-state index in [2.05, 4.69) is 44.4 Å². The molecule has 3 saturated heterocycles. The van der Waals surface area contributed by atoms with Gasteiger partial charge in [0.25, 0.3) is 0 Å². The molecular weight excluding hydrogens is 809 g/mol. The summed E-state index contributed by atoms with van der Waals surface area (Å²) in [6.45, 7) is 0. The van der Waals surface area contributed by atoms with Crippen LogP contribution in [0.5, 0.6) is 0 Å². The number of carbonyl (C=O) groups excluding carboxylic acids is 9. The summed E-state index contributed by atoms with van der Waals surface area (Å²) in [7, 11) is 0. The van der Waals surface area contributed by atoms with Crippen LogP contribution >= 0.6 is 0 Å². The van der Waals surface area contributed by atoms with Crippen LogP contribution in [0.4, 0.5) is 0 Å². The summed E-state index contributed by atoms with van der Waals surface area (Å²) in [4.78, 5) is 133. The topological polar surface area (TPSA) is 325 Å². The van der Waals surface area contributed by atoms with Gasteiger partial charge in [0.05, 0.1) is 0 Å². The predicted octanol–water partition coefficient (Wildman–Crippen LogP) is -5.03. The van der Waals surface area contributed by atoms with Gasteiger partial charge in [0, 0.05) is 0 Å². The van der Waals surface area contributed by atoms with Crippen LogP contribution in [0.25, 0.3) is 0 Å². The Balaban J connectivity index is 1.91. The van der Waals surface area contributed by atoms with Crippen LogP contribution in [-0.2, 0) is 96.0 Å². The van der Waals surface area contributed by atoms with Gasteiger partial charge in [-0.25, -0.2) is 0 Å². The Morgan fingerprint density at radius 1 is 0.465 bits per heavy atom. The molecule has 0 bridgehead atoms. The Morgan fingerprint density at radius 3 is 0.837 bits per heavy atom. The van der Waals surface area contributed by atoms with E-state index in [1.807, 2.05) is 0 Å². The van der Waals surface area contributed by atoms with E-state index >= 15 is 0 Å². The van der Waals surface area contributed by atoms with Crippen molar-refractivity contribution in [1.29, 1.82) is 0 Å². The van der Waals surface area contributed by atoms with Crippen molar-refractivity contribution in [2.75, 3.05) is 0 Å². The fraction of sp³-hybridized carbons (Fsp3) is 0.500. The Bertz CT molecular complexity index is 1020. The van der Waals surface area contributed by atoms with Crippen molar-refractivity contribution in [3.05, 3.63) is 0 Å². The molecular formula is C18H15BiO24. The normalized spacial score (nSPS) is 22.0. The molecule has 0 spiro atoms. The van der Waals surface area contributed by atoms with Crippen molar-refractivity contribution in [2.45, 2.75) is 55.3 Å². The first-order valence-electron chi connectivity index (χ1n) is 10.9. The van der Waals surface area contributed by atoms with E-state index < -0.39 is 132 Å². The van der Waals surface area contributed by atoms with Gasteiger partial charge in [-0.3, -0.25) is 0 Å². The molecule has 0 aromatic carbocycles. The quantitative estimate of drug-likeness (QED) is 0.167. The van der Waals surface area contributed by atoms with E-state index in [1.165, 1.54) is 0 Å². The van der Waals surface area contributed by atoms with Crippen LogP contribution in [-0.4, -0.2) is 109 Å². The molecule has 3 N–H and O–H groups in total. The molecule has 24 nitrogen and oxygen atoms in total. The van der Waals surface area contributed by atoms with Crippen LogP contribution in [0.3, 0.4) is 0 Å². The summed E-state index contributed by atoms with van der Waals surface area (Å²) >= 11 is -5.84. The summed E-state index contributed by atoms with van der Waals surface area (Å²) in [6.07, 6.45) is -8.23. The van der Waals surface area contributed by atoms with E-state index in [0.717, 1.165) is 0 Å². The second kappa shape index (κ2) is 13.5. The van der Waals surface area contributed by atoms with E-state index in [0.29, 0.717) is 0 Å². The molecule has 3 fully saturated rings. The van der Waals surface area contributed by atoms with E-state index in [4.69, 9.17) is 8.44 Å². The van der Waals surface area contributed by atoms with Gasteiger partial charge in [-0.05, 0) is 0 Å². The zero-order chi connectivity index (χ0) is 32.0. The second-order valence-electron chi connectivity index (χ2n) is 8.45. The van der Waals surface area contributed by atoms with Crippen molar-refractivity contribution in [3.8, 4) is 0 Å². The maximum absolute atomic E-state index is 12.9. The zero-order valence-corrected chi connectivity index (χ0v) is 24.1. The summed E-state index contributed by atoms with van der Waals surface area (Å²) in [5.74, 6) is -15.1. The fourth-order valence-electron chi connectivity index (χ4n) is 3.02. The van der Waals surface area contributed by atoms with Crippen molar-refractivity contribution >= 4 is 76.8 Å². The van der Waals surface area contributed by atoms with Crippen molar-refractivity contribution in [3.63, 3.8) is 0 Å². The third-order valence-corrected chi connectivity index (χ3v) is 8.67. The first-order valence-corrected chi connectivity index (χ1v) is 15.1. The van der Waals surface area contributed by atoms with Gasteiger partial charge < -0.3 is 0 Å². The number of carbonyl (C=O) groups is 9. The Kier molecular flexibility index (Phi) is 10.4. The molecule has 0 saturated carbocycles. The van der Waals surface area contributed by atoms with Crippen molar-refractivity contribution < 1.29 is 111 Å². The molecule has 0 unspecified atom stereocenters. The number of aliphatic hydroxyl groups is 3. The molecule has 0 aromatic rings. The van der Waals surface area contributed by atoms with Crippen LogP contribution in [0.15, 0.2) is 0 Å². The summed E-state index contributed by atoms with van der Waals surface area (Å²) < 4.78 is 14.3. The molecule has 0 amide bonds. The molecule has 43 heavy (non-hydrogen) atoms. The molecule has 3 heterocycles. The minimum atomic E-state index is -5.84. The van der Waals surface area contributed by atoms with Crippen molar-refractivity contribution in [1.82, 2.24) is 0 Å². The van der Waals surface area contributed by atoms with Crippen molar-refractivity contribution in [2.24, 2.45) is 0 Å².